The van der Waals surface area contributed by atoms with Crippen molar-refractivity contribution in [1.82, 2.24) is 4.90 Å². The maximum absolute atomic E-state index is 11.7. The summed E-state index contributed by atoms with van der Waals surface area (Å²) in [5.74, 6) is -0.120. The lowest BCUT2D eigenvalue weighted by atomic mass is 10.2. The van der Waals surface area contributed by atoms with Crippen LogP contribution in [0, 0.1) is 0 Å². The molecule has 0 bridgehead atoms. The van der Waals surface area contributed by atoms with Crippen molar-refractivity contribution in [3.63, 3.8) is 0 Å². The summed E-state index contributed by atoms with van der Waals surface area (Å²) >= 11 is 0. The average Bonchev–Trinajstić information content (AvgIpc) is 2.30. The Labute approximate surface area is 95.7 Å². The highest BCUT2D eigenvalue weighted by Gasteiger charge is 2.16. The van der Waals surface area contributed by atoms with Gasteiger partial charge in [0.15, 0.2) is 0 Å². The van der Waals surface area contributed by atoms with Gasteiger partial charge < -0.3 is 14.4 Å². The maximum Gasteiger partial charge on any atom is 0.305 e. The van der Waals surface area contributed by atoms with Gasteiger partial charge >= 0.3 is 5.97 Å². The molecule has 1 rings (SSSR count). The zero-order valence-electron chi connectivity index (χ0n) is 9.74. The van der Waals surface area contributed by atoms with E-state index < -0.39 is 0 Å². The third-order valence-electron chi connectivity index (χ3n) is 2.44. The predicted octanol–water partition coefficient (Wildman–Crippen LogP) is 0.579. The number of carbonyl (C=O) groups is 2. The van der Waals surface area contributed by atoms with Gasteiger partial charge in [0.05, 0.1) is 19.8 Å². The van der Waals surface area contributed by atoms with Gasteiger partial charge in [-0.15, -0.1) is 0 Å². The quantitative estimate of drug-likeness (QED) is 0.647. The second-order valence-electron chi connectivity index (χ2n) is 3.65. The molecule has 92 valence electrons. The van der Waals surface area contributed by atoms with Crippen LogP contribution in [0.1, 0.15) is 26.2 Å². The molecule has 0 unspecified atom stereocenters. The molecule has 0 radical (unpaired) electrons. The molecule has 1 heterocycles. The monoisotopic (exact) mass is 229 g/mol. The van der Waals surface area contributed by atoms with Crippen LogP contribution < -0.4 is 0 Å². The zero-order valence-corrected chi connectivity index (χ0v) is 9.74. The van der Waals surface area contributed by atoms with Crippen LogP contribution in [-0.4, -0.2) is 49.7 Å². The van der Waals surface area contributed by atoms with E-state index in [4.69, 9.17) is 9.47 Å². The fourth-order valence-electron chi connectivity index (χ4n) is 1.59. The number of nitrogens with zero attached hydrogens (tertiary/aromatic N) is 1. The van der Waals surface area contributed by atoms with Crippen molar-refractivity contribution in [2.45, 2.75) is 26.2 Å². The van der Waals surface area contributed by atoms with Crippen molar-refractivity contribution in [2.24, 2.45) is 0 Å². The number of ether oxygens (including phenoxy) is 2. The minimum atomic E-state index is -0.225. The number of hydrogen-bond acceptors (Lipinski definition) is 4. The molecule has 0 aromatic heterocycles. The molecule has 0 atom stereocenters. The number of rotatable bonds is 5. The maximum atomic E-state index is 11.7. The Kier molecular flexibility index (Phi) is 5.85. The minimum absolute atomic E-state index is 0.104. The van der Waals surface area contributed by atoms with E-state index in [1.54, 1.807) is 11.8 Å². The highest BCUT2D eigenvalue weighted by molar-refractivity contribution is 5.77. The van der Waals surface area contributed by atoms with E-state index in [9.17, 15) is 9.59 Å². The van der Waals surface area contributed by atoms with E-state index in [0.29, 0.717) is 52.2 Å². The molecular weight excluding hydrogens is 210 g/mol. The van der Waals surface area contributed by atoms with Gasteiger partial charge in [0.25, 0.3) is 0 Å². The van der Waals surface area contributed by atoms with Crippen LogP contribution in [0.25, 0.3) is 0 Å². The van der Waals surface area contributed by atoms with E-state index in [-0.39, 0.29) is 11.9 Å². The Morgan fingerprint density at radius 1 is 1.25 bits per heavy atom. The van der Waals surface area contributed by atoms with E-state index in [1.807, 2.05) is 0 Å². The first-order valence-electron chi connectivity index (χ1n) is 5.75. The Bertz CT molecular complexity index is 236. The van der Waals surface area contributed by atoms with Gasteiger partial charge in [-0.1, -0.05) is 0 Å². The standard InChI is InChI=1S/C11H19NO4/c1-2-16-11(14)5-3-4-10(13)12-6-8-15-9-7-12/h2-9H2,1H3. The molecule has 0 aromatic rings. The average molecular weight is 229 g/mol. The van der Waals surface area contributed by atoms with E-state index in [1.165, 1.54) is 0 Å². The molecule has 1 aliphatic rings. The van der Waals surface area contributed by atoms with Crippen LogP contribution in [-0.2, 0) is 19.1 Å². The van der Waals surface area contributed by atoms with Gasteiger partial charge in [0, 0.05) is 25.9 Å². The first-order valence-corrected chi connectivity index (χ1v) is 5.75. The van der Waals surface area contributed by atoms with Crippen LogP contribution in [0.5, 0.6) is 0 Å². The summed E-state index contributed by atoms with van der Waals surface area (Å²) < 4.78 is 9.94. The summed E-state index contributed by atoms with van der Waals surface area (Å²) in [6.45, 7) is 4.73. The SMILES string of the molecule is CCOC(=O)CCCC(=O)N1CCOCC1. The molecule has 0 spiro atoms. The summed E-state index contributed by atoms with van der Waals surface area (Å²) in [6.07, 6.45) is 1.30. The third-order valence-corrected chi connectivity index (χ3v) is 2.44. The molecule has 0 saturated carbocycles. The van der Waals surface area contributed by atoms with Crippen molar-refractivity contribution in [2.75, 3.05) is 32.9 Å². The molecule has 0 N–H and O–H groups in total. The van der Waals surface area contributed by atoms with Gasteiger partial charge in [0.2, 0.25) is 5.91 Å². The largest absolute Gasteiger partial charge is 0.466 e. The van der Waals surface area contributed by atoms with Crippen LogP contribution in [0.15, 0.2) is 0 Å². The van der Waals surface area contributed by atoms with Gasteiger partial charge in [-0.2, -0.15) is 0 Å². The normalized spacial score (nSPS) is 15.9. The van der Waals surface area contributed by atoms with Crippen LogP contribution in [0.3, 0.4) is 0 Å². The fraction of sp³-hybridized carbons (Fsp3) is 0.818. The van der Waals surface area contributed by atoms with Crippen molar-refractivity contribution < 1.29 is 19.1 Å². The number of amides is 1. The topological polar surface area (TPSA) is 55.8 Å². The van der Waals surface area contributed by atoms with Crippen molar-refractivity contribution in [3.05, 3.63) is 0 Å². The molecule has 0 aromatic carbocycles. The predicted molar refractivity (Wildman–Crippen MR) is 57.9 cm³/mol. The molecule has 5 nitrogen and oxygen atoms in total. The van der Waals surface area contributed by atoms with Gasteiger partial charge in [0.1, 0.15) is 0 Å². The molecule has 5 heteroatoms. The summed E-state index contributed by atoms with van der Waals surface area (Å²) in [7, 11) is 0. The lowest BCUT2D eigenvalue weighted by Crippen LogP contribution is -2.40. The minimum Gasteiger partial charge on any atom is -0.466 e. The van der Waals surface area contributed by atoms with Gasteiger partial charge in [-0.05, 0) is 13.3 Å². The molecule has 1 amide bonds. The Morgan fingerprint density at radius 3 is 2.56 bits per heavy atom. The van der Waals surface area contributed by atoms with Gasteiger partial charge in [-0.3, -0.25) is 9.59 Å². The first-order chi connectivity index (χ1) is 7.74. The summed E-state index contributed by atoms with van der Waals surface area (Å²) in [6, 6.07) is 0. The molecule has 16 heavy (non-hydrogen) atoms. The van der Waals surface area contributed by atoms with E-state index in [0.717, 1.165) is 0 Å². The second kappa shape index (κ2) is 7.22. The van der Waals surface area contributed by atoms with Crippen LogP contribution in [0.4, 0.5) is 0 Å². The molecular formula is C11H19NO4. The highest BCUT2D eigenvalue weighted by Crippen LogP contribution is 2.04. The zero-order chi connectivity index (χ0) is 11.8. The number of hydrogen-bond donors (Lipinski definition) is 0. The molecule has 1 aliphatic heterocycles. The van der Waals surface area contributed by atoms with E-state index >= 15 is 0 Å². The number of esters is 1. The van der Waals surface area contributed by atoms with Crippen molar-refractivity contribution in [1.29, 1.82) is 0 Å². The summed E-state index contributed by atoms with van der Waals surface area (Å²) in [5, 5.41) is 0. The number of morpholine rings is 1. The van der Waals surface area contributed by atoms with Crippen molar-refractivity contribution in [3.8, 4) is 0 Å². The smallest absolute Gasteiger partial charge is 0.305 e. The molecule has 1 fully saturated rings. The lowest BCUT2D eigenvalue weighted by molar-refractivity contribution is -0.143. The number of carbonyl (C=O) groups excluding carboxylic acids is 2. The fourth-order valence-corrected chi connectivity index (χ4v) is 1.59. The highest BCUT2D eigenvalue weighted by atomic mass is 16.5. The summed E-state index contributed by atoms with van der Waals surface area (Å²) in [4.78, 5) is 24.5. The van der Waals surface area contributed by atoms with Crippen LogP contribution in [0.2, 0.25) is 0 Å². The Morgan fingerprint density at radius 2 is 1.94 bits per heavy atom. The van der Waals surface area contributed by atoms with Crippen molar-refractivity contribution >= 4 is 11.9 Å². The third kappa shape index (κ3) is 4.61. The molecule has 1 saturated heterocycles. The lowest BCUT2D eigenvalue weighted by Gasteiger charge is -2.26. The van der Waals surface area contributed by atoms with Crippen LogP contribution >= 0.6 is 0 Å². The summed E-state index contributed by atoms with van der Waals surface area (Å²) in [5.41, 5.74) is 0. The Hall–Kier alpha value is -1.10. The Balaban J connectivity index is 2.12. The van der Waals surface area contributed by atoms with Gasteiger partial charge in [-0.25, -0.2) is 0 Å². The second-order valence-corrected chi connectivity index (χ2v) is 3.65. The molecule has 0 aliphatic carbocycles. The first kappa shape index (κ1) is 13.0. The van der Waals surface area contributed by atoms with E-state index in [2.05, 4.69) is 0 Å².